The van der Waals surface area contributed by atoms with Crippen LogP contribution in [0.15, 0.2) is 6.20 Å². The summed E-state index contributed by atoms with van der Waals surface area (Å²) in [7, 11) is 4.10. The van der Waals surface area contributed by atoms with Crippen LogP contribution in [0, 0.1) is 5.92 Å². The molecule has 1 aromatic heterocycles. The molecule has 7 heteroatoms. The maximum Gasteiger partial charge on any atom is 0.223 e. The van der Waals surface area contributed by atoms with Gasteiger partial charge in [0.1, 0.15) is 0 Å². The van der Waals surface area contributed by atoms with E-state index in [0.717, 1.165) is 37.6 Å². The van der Waals surface area contributed by atoms with E-state index in [1.807, 2.05) is 20.3 Å². The lowest BCUT2D eigenvalue weighted by molar-refractivity contribution is -0.126. The summed E-state index contributed by atoms with van der Waals surface area (Å²) in [4.78, 5) is 25.4. The summed E-state index contributed by atoms with van der Waals surface area (Å²) in [5.74, 6) is 0.563. The lowest BCUT2D eigenvalue weighted by Gasteiger charge is -2.41. The van der Waals surface area contributed by atoms with Crippen LogP contribution >= 0.6 is 11.3 Å². The molecule has 6 nitrogen and oxygen atoms in total. The second-order valence-corrected chi connectivity index (χ2v) is 9.70. The molecule has 2 saturated heterocycles. The van der Waals surface area contributed by atoms with Gasteiger partial charge in [0, 0.05) is 62.8 Å². The molecule has 2 aliphatic heterocycles. The second kappa shape index (κ2) is 8.45. The number of nitrogens with one attached hydrogen (secondary N) is 1. The largest absolute Gasteiger partial charge is 0.354 e. The summed E-state index contributed by atoms with van der Waals surface area (Å²) in [6.45, 7) is 5.55. The highest BCUT2D eigenvalue weighted by Gasteiger charge is 2.32. The van der Waals surface area contributed by atoms with E-state index in [-0.39, 0.29) is 5.92 Å². The Morgan fingerprint density at radius 2 is 1.85 bits per heavy atom. The Hall–Kier alpha value is -1.18. The van der Waals surface area contributed by atoms with Crippen molar-refractivity contribution in [2.45, 2.75) is 57.2 Å². The predicted molar refractivity (Wildman–Crippen MR) is 110 cm³/mol. The van der Waals surface area contributed by atoms with E-state index in [1.165, 1.54) is 43.6 Å². The maximum atomic E-state index is 12.2. The molecule has 0 aromatic carbocycles. The summed E-state index contributed by atoms with van der Waals surface area (Å²) >= 11 is 1.80. The van der Waals surface area contributed by atoms with Gasteiger partial charge in [-0.2, -0.15) is 0 Å². The highest BCUT2D eigenvalue weighted by atomic mass is 32.1. The number of rotatable bonds is 6. The highest BCUT2D eigenvalue weighted by molar-refractivity contribution is 7.15. The summed E-state index contributed by atoms with van der Waals surface area (Å²) in [5, 5.41) is 4.28. The van der Waals surface area contributed by atoms with E-state index in [1.54, 1.807) is 11.3 Å². The van der Waals surface area contributed by atoms with E-state index in [0.29, 0.717) is 18.0 Å². The third kappa shape index (κ3) is 5.00. The van der Waals surface area contributed by atoms with E-state index in [2.05, 4.69) is 25.0 Å². The van der Waals surface area contributed by atoms with Crippen molar-refractivity contribution < 1.29 is 4.79 Å². The van der Waals surface area contributed by atoms with E-state index in [9.17, 15) is 4.79 Å². The van der Waals surface area contributed by atoms with Crippen molar-refractivity contribution >= 4 is 22.4 Å². The smallest absolute Gasteiger partial charge is 0.223 e. The van der Waals surface area contributed by atoms with Gasteiger partial charge in [-0.25, -0.2) is 4.98 Å². The molecule has 1 N–H and O–H groups in total. The van der Waals surface area contributed by atoms with Gasteiger partial charge in [-0.1, -0.05) is 0 Å². The first kappa shape index (κ1) is 19.2. The molecule has 0 atom stereocenters. The monoisotopic (exact) mass is 391 g/mol. The van der Waals surface area contributed by atoms with Crippen molar-refractivity contribution in [1.82, 2.24) is 20.1 Å². The van der Waals surface area contributed by atoms with Crippen molar-refractivity contribution in [1.29, 1.82) is 0 Å². The fraction of sp³-hybridized carbons (Fsp3) is 0.800. The van der Waals surface area contributed by atoms with Gasteiger partial charge < -0.3 is 15.1 Å². The van der Waals surface area contributed by atoms with E-state index >= 15 is 0 Å². The fourth-order valence-corrected chi connectivity index (χ4v) is 5.19. The van der Waals surface area contributed by atoms with Crippen molar-refractivity contribution in [3.05, 3.63) is 11.1 Å². The summed E-state index contributed by atoms with van der Waals surface area (Å²) in [6.07, 6.45) is 8.96. The predicted octanol–water partition coefficient (Wildman–Crippen LogP) is 2.16. The molecule has 1 saturated carbocycles. The molecule has 27 heavy (non-hydrogen) atoms. The Kier molecular flexibility index (Phi) is 5.99. The topological polar surface area (TPSA) is 51.7 Å². The minimum Gasteiger partial charge on any atom is -0.354 e. The quantitative estimate of drug-likeness (QED) is 0.805. The third-order valence-corrected chi connectivity index (χ3v) is 7.35. The Bertz CT molecular complexity index is 628. The average molecular weight is 392 g/mol. The molecule has 1 amide bonds. The molecule has 3 aliphatic rings. The van der Waals surface area contributed by atoms with Gasteiger partial charge in [-0.3, -0.25) is 9.69 Å². The molecule has 150 valence electrons. The Morgan fingerprint density at radius 1 is 1.15 bits per heavy atom. The Labute approximate surface area is 166 Å². The number of carbonyl (C=O) groups is 1. The highest BCUT2D eigenvalue weighted by Crippen LogP contribution is 2.27. The van der Waals surface area contributed by atoms with Crippen LogP contribution in [0.3, 0.4) is 0 Å². The lowest BCUT2D eigenvalue weighted by atomic mass is 9.92. The molecule has 4 rings (SSSR count). The molecule has 0 spiro atoms. The Balaban J connectivity index is 1.18. The van der Waals surface area contributed by atoms with Crippen LogP contribution in [0.25, 0.3) is 0 Å². The van der Waals surface area contributed by atoms with Gasteiger partial charge in [0.05, 0.1) is 0 Å². The van der Waals surface area contributed by atoms with Crippen LogP contribution < -0.4 is 10.2 Å². The molecule has 3 fully saturated rings. The number of thiazole rings is 1. The standard InChI is InChI=1S/C20H33N5OS/c1-23(2)20-21-13-18(27-20)14-24-9-7-17(8-10-24)25-11-5-15(6-12-25)19(26)22-16-3-4-16/h13,15-17H,3-12,14H2,1-2H3,(H,22,26). The van der Waals surface area contributed by atoms with Gasteiger partial charge >= 0.3 is 0 Å². The fourth-order valence-electron chi connectivity index (χ4n) is 4.31. The van der Waals surface area contributed by atoms with Crippen molar-refractivity contribution in [2.24, 2.45) is 5.92 Å². The molecule has 0 bridgehead atoms. The number of nitrogens with zero attached hydrogens (tertiary/aromatic N) is 4. The molecular formula is C20H33N5OS. The minimum absolute atomic E-state index is 0.249. The number of piperidine rings is 2. The SMILES string of the molecule is CN(C)c1ncc(CN2CCC(N3CCC(C(=O)NC4CC4)CC3)CC2)s1. The van der Waals surface area contributed by atoms with Crippen LogP contribution in [0.4, 0.5) is 5.13 Å². The number of amides is 1. The molecular weight excluding hydrogens is 358 g/mol. The zero-order valence-corrected chi connectivity index (χ0v) is 17.5. The van der Waals surface area contributed by atoms with Gasteiger partial charge in [-0.15, -0.1) is 11.3 Å². The van der Waals surface area contributed by atoms with Gasteiger partial charge in [-0.05, 0) is 51.6 Å². The molecule has 0 radical (unpaired) electrons. The van der Waals surface area contributed by atoms with E-state index < -0.39 is 0 Å². The number of carbonyl (C=O) groups excluding carboxylic acids is 1. The maximum absolute atomic E-state index is 12.2. The van der Waals surface area contributed by atoms with Crippen molar-refractivity contribution in [3.63, 3.8) is 0 Å². The molecule has 1 aromatic rings. The van der Waals surface area contributed by atoms with Crippen LogP contribution in [-0.2, 0) is 11.3 Å². The summed E-state index contributed by atoms with van der Waals surface area (Å²) in [5.41, 5.74) is 0. The number of hydrogen-bond donors (Lipinski definition) is 1. The second-order valence-electron chi connectivity index (χ2n) is 8.60. The van der Waals surface area contributed by atoms with E-state index in [4.69, 9.17) is 0 Å². The number of aromatic nitrogens is 1. The summed E-state index contributed by atoms with van der Waals surface area (Å²) < 4.78 is 0. The van der Waals surface area contributed by atoms with Crippen LogP contribution in [0.2, 0.25) is 0 Å². The number of hydrogen-bond acceptors (Lipinski definition) is 6. The first-order chi connectivity index (χ1) is 13.1. The van der Waals surface area contributed by atoms with Gasteiger partial charge in [0.2, 0.25) is 5.91 Å². The number of anilines is 1. The third-order valence-electron chi connectivity index (χ3n) is 6.20. The minimum atomic E-state index is 0.249. The normalized spacial score (nSPS) is 23.5. The Morgan fingerprint density at radius 3 is 2.44 bits per heavy atom. The summed E-state index contributed by atoms with van der Waals surface area (Å²) in [6, 6.07) is 1.19. The van der Waals surface area contributed by atoms with Crippen LogP contribution in [0.5, 0.6) is 0 Å². The lowest BCUT2D eigenvalue weighted by Crippen LogP contribution is -2.49. The molecule has 0 unspecified atom stereocenters. The van der Waals surface area contributed by atoms with Crippen molar-refractivity contribution in [2.75, 3.05) is 45.2 Å². The molecule has 3 heterocycles. The first-order valence-electron chi connectivity index (χ1n) is 10.5. The average Bonchev–Trinajstić information content (AvgIpc) is 3.37. The van der Waals surface area contributed by atoms with Crippen molar-refractivity contribution in [3.8, 4) is 0 Å². The number of likely N-dealkylation sites (tertiary alicyclic amines) is 2. The molecule has 1 aliphatic carbocycles. The van der Waals surface area contributed by atoms with Gasteiger partial charge in [0.25, 0.3) is 0 Å². The van der Waals surface area contributed by atoms with Crippen LogP contribution in [-0.4, -0.2) is 73.0 Å². The zero-order valence-electron chi connectivity index (χ0n) is 16.7. The van der Waals surface area contributed by atoms with Gasteiger partial charge in [0.15, 0.2) is 5.13 Å². The zero-order chi connectivity index (χ0) is 18.8. The van der Waals surface area contributed by atoms with Crippen LogP contribution in [0.1, 0.15) is 43.4 Å². The first-order valence-corrected chi connectivity index (χ1v) is 11.3.